The molecule has 2 aromatic carbocycles. The number of rotatable bonds is 5. The van der Waals surface area contributed by atoms with Gasteiger partial charge < -0.3 is 14.8 Å². The van der Waals surface area contributed by atoms with E-state index in [9.17, 15) is 0 Å². The minimum absolute atomic E-state index is 0.164. The van der Waals surface area contributed by atoms with Crippen LogP contribution in [0.15, 0.2) is 48.5 Å². The normalized spacial score (nSPS) is 27.1. The number of benzene rings is 2. The second kappa shape index (κ2) is 9.43. The van der Waals surface area contributed by atoms with E-state index in [2.05, 4.69) is 53.8 Å². The van der Waals surface area contributed by atoms with E-state index >= 15 is 0 Å². The number of ether oxygens (including phenoxy) is 2. The van der Waals surface area contributed by atoms with Gasteiger partial charge in [0, 0.05) is 12.1 Å². The number of hydrogen-bond donors (Lipinski definition) is 1. The van der Waals surface area contributed by atoms with Crippen molar-refractivity contribution in [3.8, 4) is 11.5 Å². The van der Waals surface area contributed by atoms with E-state index < -0.39 is 0 Å². The van der Waals surface area contributed by atoms with E-state index in [4.69, 9.17) is 9.47 Å². The quantitative estimate of drug-likeness (QED) is 0.627. The van der Waals surface area contributed by atoms with Crippen LogP contribution in [-0.2, 0) is 6.42 Å². The van der Waals surface area contributed by atoms with Gasteiger partial charge in [-0.3, -0.25) is 0 Å². The highest BCUT2D eigenvalue weighted by molar-refractivity contribution is 5.42. The molecular weight excluding hydrogens is 370 g/mol. The standard InChI is InChI=1S/C27H35NO2/c1-3-7-20(8-4-1)26-17-11-21-19-25(16-18-27(21)30-26)29-24-14-12-23(13-15-24)28-22-9-5-2-6-10-22/h1,3-4,7-8,16,18-19,22-24,26,28H,2,5-6,9-15,17H2. The number of nitrogens with one attached hydrogen (secondary N) is 1. The Hall–Kier alpha value is -2.00. The van der Waals surface area contributed by atoms with Crippen LogP contribution in [0.2, 0.25) is 0 Å². The largest absolute Gasteiger partial charge is 0.490 e. The smallest absolute Gasteiger partial charge is 0.124 e. The van der Waals surface area contributed by atoms with Crippen LogP contribution in [0.1, 0.15) is 81.4 Å². The summed E-state index contributed by atoms with van der Waals surface area (Å²) >= 11 is 0. The molecule has 0 saturated heterocycles. The maximum atomic E-state index is 6.39. The number of hydrogen-bond acceptors (Lipinski definition) is 3. The van der Waals surface area contributed by atoms with Crippen molar-refractivity contribution >= 4 is 0 Å². The molecule has 160 valence electrons. The van der Waals surface area contributed by atoms with Crippen molar-refractivity contribution in [2.45, 2.75) is 94.9 Å². The molecule has 2 aliphatic carbocycles. The average molecular weight is 406 g/mol. The highest BCUT2D eigenvalue weighted by Gasteiger charge is 2.26. The fourth-order valence-corrected chi connectivity index (χ4v) is 5.48. The fraction of sp³-hybridized carbons (Fsp3) is 0.556. The Morgan fingerprint density at radius 1 is 0.767 bits per heavy atom. The van der Waals surface area contributed by atoms with Gasteiger partial charge in [-0.05, 0) is 80.7 Å². The maximum Gasteiger partial charge on any atom is 0.124 e. The van der Waals surface area contributed by atoms with Crippen LogP contribution in [0.3, 0.4) is 0 Å². The van der Waals surface area contributed by atoms with Crippen molar-refractivity contribution in [2.24, 2.45) is 0 Å². The van der Waals surface area contributed by atoms with Crippen LogP contribution in [0.25, 0.3) is 0 Å². The monoisotopic (exact) mass is 405 g/mol. The van der Waals surface area contributed by atoms with Crippen molar-refractivity contribution in [1.29, 1.82) is 0 Å². The summed E-state index contributed by atoms with van der Waals surface area (Å²) in [7, 11) is 0. The minimum atomic E-state index is 0.164. The highest BCUT2D eigenvalue weighted by Crippen LogP contribution is 2.37. The summed E-state index contributed by atoms with van der Waals surface area (Å²) in [6.45, 7) is 0. The molecule has 1 atom stereocenters. The minimum Gasteiger partial charge on any atom is -0.490 e. The van der Waals surface area contributed by atoms with Gasteiger partial charge in [0.2, 0.25) is 0 Å². The first-order valence-corrected chi connectivity index (χ1v) is 12.1. The zero-order valence-corrected chi connectivity index (χ0v) is 18.0. The summed E-state index contributed by atoms with van der Waals surface area (Å²) in [6.07, 6.45) is 14.4. The van der Waals surface area contributed by atoms with E-state index in [-0.39, 0.29) is 6.10 Å². The van der Waals surface area contributed by atoms with Gasteiger partial charge in [0.25, 0.3) is 0 Å². The Bertz CT molecular complexity index is 807. The van der Waals surface area contributed by atoms with Crippen LogP contribution in [0.5, 0.6) is 11.5 Å². The van der Waals surface area contributed by atoms with Crippen LogP contribution < -0.4 is 14.8 Å². The Morgan fingerprint density at radius 2 is 1.53 bits per heavy atom. The van der Waals surface area contributed by atoms with Gasteiger partial charge in [-0.15, -0.1) is 0 Å². The molecular formula is C27H35NO2. The van der Waals surface area contributed by atoms with E-state index in [1.807, 2.05) is 0 Å². The third-order valence-corrected chi connectivity index (χ3v) is 7.20. The van der Waals surface area contributed by atoms with E-state index in [1.54, 1.807) is 0 Å². The van der Waals surface area contributed by atoms with Crippen molar-refractivity contribution in [3.05, 3.63) is 59.7 Å². The van der Waals surface area contributed by atoms with Crippen LogP contribution in [-0.4, -0.2) is 18.2 Å². The first kappa shape index (κ1) is 19.9. The molecule has 2 fully saturated rings. The second-order valence-electron chi connectivity index (χ2n) is 9.42. The van der Waals surface area contributed by atoms with Crippen LogP contribution in [0, 0.1) is 0 Å². The molecule has 1 aliphatic heterocycles. The molecule has 1 unspecified atom stereocenters. The SMILES string of the molecule is c1ccc(C2CCc3cc(OC4CCC(NC5CCCCC5)CC4)ccc3O2)cc1. The van der Waals surface area contributed by atoms with Gasteiger partial charge >= 0.3 is 0 Å². The van der Waals surface area contributed by atoms with Crippen molar-refractivity contribution in [3.63, 3.8) is 0 Å². The summed E-state index contributed by atoms with van der Waals surface area (Å²) < 4.78 is 12.7. The zero-order valence-electron chi connectivity index (χ0n) is 18.0. The molecule has 0 radical (unpaired) electrons. The molecule has 1 N–H and O–H groups in total. The summed E-state index contributed by atoms with van der Waals surface area (Å²) in [4.78, 5) is 0. The van der Waals surface area contributed by atoms with Crippen molar-refractivity contribution < 1.29 is 9.47 Å². The maximum absolute atomic E-state index is 6.39. The summed E-state index contributed by atoms with van der Waals surface area (Å²) in [5, 5.41) is 3.93. The first-order chi connectivity index (χ1) is 14.8. The molecule has 0 amide bonds. The second-order valence-corrected chi connectivity index (χ2v) is 9.42. The van der Waals surface area contributed by atoms with Crippen molar-refractivity contribution in [2.75, 3.05) is 0 Å². The molecule has 2 aromatic rings. The van der Waals surface area contributed by atoms with E-state index in [0.29, 0.717) is 12.1 Å². The zero-order chi connectivity index (χ0) is 20.2. The molecule has 3 aliphatic rings. The molecule has 5 rings (SSSR count). The van der Waals surface area contributed by atoms with Gasteiger partial charge in [-0.25, -0.2) is 0 Å². The topological polar surface area (TPSA) is 30.5 Å². The lowest BCUT2D eigenvalue weighted by Gasteiger charge is -2.34. The third-order valence-electron chi connectivity index (χ3n) is 7.20. The molecule has 3 nitrogen and oxygen atoms in total. The van der Waals surface area contributed by atoms with Crippen molar-refractivity contribution in [1.82, 2.24) is 5.32 Å². The molecule has 30 heavy (non-hydrogen) atoms. The number of fused-ring (bicyclic) bond motifs is 1. The van der Waals surface area contributed by atoms with Crippen LogP contribution >= 0.6 is 0 Å². The Labute approximate surface area is 181 Å². The third kappa shape index (κ3) is 4.83. The first-order valence-electron chi connectivity index (χ1n) is 12.1. The number of aryl methyl sites for hydroxylation is 1. The predicted octanol–water partition coefficient (Wildman–Crippen LogP) is 6.37. The van der Waals surface area contributed by atoms with E-state index in [1.165, 1.54) is 56.1 Å². The summed E-state index contributed by atoms with van der Waals surface area (Å²) in [5.41, 5.74) is 2.55. The fourth-order valence-electron chi connectivity index (χ4n) is 5.48. The van der Waals surface area contributed by atoms with Gasteiger partial charge in [0.15, 0.2) is 0 Å². The lowest BCUT2D eigenvalue weighted by atomic mass is 9.89. The Morgan fingerprint density at radius 3 is 2.33 bits per heavy atom. The predicted molar refractivity (Wildman–Crippen MR) is 121 cm³/mol. The van der Waals surface area contributed by atoms with Gasteiger partial charge in [0.1, 0.15) is 17.6 Å². The molecule has 0 spiro atoms. The molecule has 0 bridgehead atoms. The lowest BCUT2D eigenvalue weighted by molar-refractivity contribution is 0.133. The Balaban J connectivity index is 1.13. The van der Waals surface area contributed by atoms with E-state index in [0.717, 1.165) is 43.2 Å². The molecule has 3 heteroatoms. The summed E-state index contributed by atoms with van der Waals surface area (Å²) in [6, 6.07) is 18.4. The molecule has 1 heterocycles. The highest BCUT2D eigenvalue weighted by atomic mass is 16.5. The average Bonchev–Trinajstić information content (AvgIpc) is 2.81. The summed E-state index contributed by atoms with van der Waals surface area (Å²) in [5.74, 6) is 2.03. The van der Waals surface area contributed by atoms with Gasteiger partial charge in [-0.1, -0.05) is 49.6 Å². The molecule has 2 saturated carbocycles. The molecule has 0 aromatic heterocycles. The van der Waals surface area contributed by atoms with Gasteiger partial charge in [0.05, 0.1) is 6.10 Å². The van der Waals surface area contributed by atoms with Crippen LogP contribution in [0.4, 0.5) is 0 Å². The Kier molecular flexibility index (Phi) is 6.26. The lowest BCUT2D eigenvalue weighted by Crippen LogP contribution is -2.42. The van der Waals surface area contributed by atoms with Gasteiger partial charge in [-0.2, -0.15) is 0 Å².